The van der Waals surface area contributed by atoms with Gasteiger partial charge in [-0.1, -0.05) is 25.1 Å². The van der Waals surface area contributed by atoms with E-state index in [-0.39, 0.29) is 24.0 Å². The highest BCUT2D eigenvalue weighted by atomic mass is 127. The van der Waals surface area contributed by atoms with E-state index in [4.69, 9.17) is 0 Å². The van der Waals surface area contributed by atoms with E-state index >= 15 is 0 Å². The molecule has 0 saturated carbocycles. The fourth-order valence-corrected chi connectivity index (χ4v) is 4.12. The topological polar surface area (TPSA) is 46.7 Å². The van der Waals surface area contributed by atoms with Crippen LogP contribution in [0.25, 0.3) is 10.9 Å². The van der Waals surface area contributed by atoms with Crippen molar-refractivity contribution in [2.45, 2.75) is 38.6 Å². The number of likely N-dealkylation sites (tertiary alicyclic amines) is 1. The largest absolute Gasteiger partial charge is 0.361 e. The highest BCUT2D eigenvalue weighted by molar-refractivity contribution is 14.0. The second kappa shape index (κ2) is 10.9. The summed E-state index contributed by atoms with van der Waals surface area (Å²) in [5.41, 5.74) is 2.62. The van der Waals surface area contributed by atoms with Gasteiger partial charge in [-0.2, -0.15) is 0 Å². The van der Waals surface area contributed by atoms with E-state index < -0.39 is 0 Å². The molecular weight excluding hydrogens is 449 g/mol. The molecule has 1 aliphatic rings. The second-order valence-electron chi connectivity index (χ2n) is 7.24. The maximum atomic E-state index is 4.47. The van der Waals surface area contributed by atoms with E-state index in [9.17, 15) is 0 Å². The van der Waals surface area contributed by atoms with Crippen LogP contribution in [0.2, 0.25) is 0 Å². The Balaban J connectivity index is 0.00000261. The van der Waals surface area contributed by atoms with Crippen molar-refractivity contribution in [1.29, 1.82) is 0 Å². The van der Waals surface area contributed by atoms with Gasteiger partial charge in [-0.05, 0) is 50.4 Å². The number of benzene rings is 1. The first-order valence-corrected chi connectivity index (χ1v) is 9.93. The Morgan fingerprint density at radius 2 is 2.19 bits per heavy atom. The van der Waals surface area contributed by atoms with Crippen LogP contribution in [0.3, 0.4) is 0 Å². The highest BCUT2D eigenvalue weighted by Gasteiger charge is 2.24. The molecule has 1 fully saturated rings. The number of nitrogens with one attached hydrogen (secondary N) is 2. The number of hydrogen-bond donors (Lipinski definition) is 2. The number of aliphatic imine (C=N–C) groups is 1. The highest BCUT2D eigenvalue weighted by Crippen LogP contribution is 2.19. The van der Waals surface area contributed by atoms with Crippen LogP contribution in [0.4, 0.5) is 0 Å². The molecule has 2 aromatic rings. The van der Waals surface area contributed by atoms with Gasteiger partial charge in [0.05, 0.1) is 0 Å². The van der Waals surface area contributed by atoms with Crippen LogP contribution < -0.4 is 5.32 Å². The van der Waals surface area contributed by atoms with Gasteiger partial charge >= 0.3 is 0 Å². The Hall–Kier alpha value is -1.28. The summed E-state index contributed by atoms with van der Waals surface area (Å²) in [5, 5.41) is 4.88. The van der Waals surface area contributed by atoms with Crippen molar-refractivity contribution < 1.29 is 0 Å². The Morgan fingerprint density at radius 3 is 2.96 bits per heavy atom. The standard InChI is InChI=1S/C21H33N5.HI/c1-4-26-14-8-10-18(26)16-25(3)21(22-2)23-13-7-9-17-15-24-20-12-6-5-11-19(17)20;/h5-6,11-12,15,18,24H,4,7-10,13-14,16H2,1-3H3,(H,22,23);1H. The van der Waals surface area contributed by atoms with Crippen LogP contribution in [0, 0.1) is 0 Å². The number of rotatable bonds is 7. The summed E-state index contributed by atoms with van der Waals surface area (Å²) in [6.45, 7) is 6.64. The molecule has 1 unspecified atom stereocenters. The number of aromatic nitrogens is 1. The zero-order valence-corrected chi connectivity index (χ0v) is 19.2. The van der Waals surface area contributed by atoms with Crippen molar-refractivity contribution in [3.63, 3.8) is 0 Å². The van der Waals surface area contributed by atoms with E-state index in [1.165, 1.54) is 35.9 Å². The lowest BCUT2D eigenvalue weighted by atomic mass is 10.1. The molecule has 3 rings (SSSR count). The number of hydrogen-bond acceptors (Lipinski definition) is 2. The number of aromatic amines is 1. The van der Waals surface area contributed by atoms with Crippen molar-refractivity contribution in [3.8, 4) is 0 Å². The zero-order chi connectivity index (χ0) is 18.4. The number of H-pyrrole nitrogens is 1. The summed E-state index contributed by atoms with van der Waals surface area (Å²) in [4.78, 5) is 12.7. The second-order valence-corrected chi connectivity index (χ2v) is 7.24. The molecular formula is C21H34IN5. The van der Waals surface area contributed by atoms with Crippen LogP contribution in [-0.2, 0) is 6.42 Å². The van der Waals surface area contributed by atoms with E-state index in [0.29, 0.717) is 6.04 Å². The molecule has 0 spiro atoms. The van der Waals surface area contributed by atoms with Gasteiger partial charge in [-0.3, -0.25) is 9.89 Å². The number of fused-ring (bicyclic) bond motifs is 1. The van der Waals surface area contributed by atoms with E-state index in [2.05, 4.69) is 69.5 Å². The van der Waals surface area contributed by atoms with Gasteiger partial charge < -0.3 is 15.2 Å². The third-order valence-electron chi connectivity index (χ3n) is 5.54. The first-order chi connectivity index (χ1) is 12.7. The molecule has 0 aliphatic carbocycles. The Labute approximate surface area is 180 Å². The fourth-order valence-electron chi connectivity index (χ4n) is 4.12. The SMILES string of the molecule is CCN1CCCC1CN(C)C(=NC)NCCCc1c[nH]c2ccccc12.I. The number of para-hydroxylation sites is 1. The van der Waals surface area contributed by atoms with Gasteiger partial charge in [-0.25, -0.2) is 0 Å². The quantitative estimate of drug-likeness (QED) is 0.273. The minimum atomic E-state index is 0. The molecule has 2 heterocycles. The average Bonchev–Trinajstić information content (AvgIpc) is 3.28. The van der Waals surface area contributed by atoms with Gasteiger partial charge in [-0.15, -0.1) is 24.0 Å². The lowest BCUT2D eigenvalue weighted by Gasteiger charge is -2.29. The molecule has 1 saturated heterocycles. The summed E-state index contributed by atoms with van der Waals surface area (Å²) in [5.74, 6) is 1.01. The first-order valence-electron chi connectivity index (χ1n) is 9.93. The van der Waals surface area contributed by atoms with Crippen molar-refractivity contribution in [2.24, 2.45) is 4.99 Å². The Bertz CT molecular complexity index is 726. The van der Waals surface area contributed by atoms with Crippen LogP contribution in [-0.4, -0.2) is 67.1 Å². The molecule has 0 bridgehead atoms. The molecule has 1 atom stereocenters. The molecule has 1 aliphatic heterocycles. The molecule has 6 heteroatoms. The lowest BCUT2D eigenvalue weighted by molar-refractivity contribution is 0.232. The maximum Gasteiger partial charge on any atom is 0.193 e. The number of halogens is 1. The molecule has 2 N–H and O–H groups in total. The predicted molar refractivity (Wildman–Crippen MR) is 126 cm³/mol. The molecule has 0 radical (unpaired) electrons. The van der Waals surface area contributed by atoms with Crippen LogP contribution in [0.15, 0.2) is 35.5 Å². The third-order valence-corrected chi connectivity index (χ3v) is 5.54. The van der Waals surface area contributed by atoms with E-state index in [1.807, 2.05) is 7.05 Å². The summed E-state index contributed by atoms with van der Waals surface area (Å²) < 4.78 is 0. The van der Waals surface area contributed by atoms with Gasteiger partial charge in [0.2, 0.25) is 0 Å². The Morgan fingerprint density at radius 1 is 1.37 bits per heavy atom. The molecule has 27 heavy (non-hydrogen) atoms. The number of likely N-dealkylation sites (N-methyl/N-ethyl adjacent to an activating group) is 2. The third kappa shape index (κ3) is 5.60. The smallest absolute Gasteiger partial charge is 0.193 e. The summed E-state index contributed by atoms with van der Waals surface area (Å²) >= 11 is 0. The van der Waals surface area contributed by atoms with Crippen molar-refractivity contribution in [3.05, 3.63) is 36.0 Å². The summed E-state index contributed by atoms with van der Waals surface area (Å²) in [6.07, 6.45) is 6.94. The van der Waals surface area contributed by atoms with E-state index in [0.717, 1.165) is 38.4 Å². The van der Waals surface area contributed by atoms with Crippen molar-refractivity contribution in [2.75, 3.05) is 40.3 Å². The monoisotopic (exact) mass is 483 g/mol. The fraction of sp³-hybridized carbons (Fsp3) is 0.571. The summed E-state index contributed by atoms with van der Waals surface area (Å²) in [7, 11) is 4.03. The van der Waals surface area contributed by atoms with Crippen molar-refractivity contribution in [1.82, 2.24) is 20.1 Å². The van der Waals surface area contributed by atoms with Gasteiger partial charge in [0, 0.05) is 50.3 Å². The predicted octanol–water partition coefficient (Wildman–Crippen LogP) is 3.71. The summed E-state index contributed by atoms with van der Waals surface area (Å²) in [6, 6.07) is 9.18. The average molecular weight is 483 g/mol. The van der Waals surface area contributed by atoms with Gasteiger partial charge in [0.25, 0.3) is 0 Å². The molecule has 5 nitrogen and oxygen atoms in total. The van der Waals surface area contributed by atoms with Crippen LogP contribution in [0.5, 0.6) is 0 Å². The van der Waals surface area contributed by atoms with Gasteiger partial charge in [0.15, 0.2) is 5.96 Å². The normalized spacial score (nSPS) is 17.9. The van der Waals surface area contributed by atoms with Crippen LogP contribution >= 0.6 is 24.0 Å². The molecule has 0 amide bonds. The zero-order valence-electron chi connectivity index (χ0n) is 16.9. The lowest BCUT2D eigenvalue weighted by Crippen LogP contribution is -2.46. The first kappa shape index (κ1) is 22.0. The van der Waals surface area contributed by atoms with E-state index in [1.54, 1.807) is 0 Å². The Kier molecular flexibility index (Phi) is 8.89. The number of guanidine groups is 1. The minimum Gasteiger partial charge on any atom is -0.361 e. The maximum absolute atomic E-state index is 4.47. The minimum absolute atomic E-state index is 0. The van der Waals surface area contributed by atoms with Gasteiger partial charge in [0.1, 0.15) is 0 Å². The number of aryl methyl sites for hydroxylation is 1. The molecule has 1 aromatic heterocycles. The number of nitrogens with zero attached hydrogens (tertiary/aromatic N) is 3. The van der Waals surface area contributed by atoms with Crippen molar-refractivity contribution >= 4 is 40.8 Å². The molecule has 1 aromatic carbocycles. The molecule has 150 valence electrons. The van der Waals surface area contributed by atoms with Crippen LogP contribution in [0.1, 0.15) is 31.7 Å².